The minimum atomic E-state index is -0.502. The molecule has 0 aliphatic heterocycles. The molecule has 0 bridgehead atoms. The Morgan fingerprint density at radius 1 is 1.17 bits per heavy atom. The van der Waals surface area contributed by atoms with E-state index in [0.717, 1.165) is 4.68 Å². The lowest BCUT2D eigenvalue weighted by Crippen LogP contribution is -2.13. The maximum absolute atomic E-state index is 10.2. The van der Waals surface area contributed by atoms with Crippen molar-refractivity contribution in [2.45, 2.75) is 34.6 Å². The first kappa shape index (κ1) is 18.2. The summed E-state index contributed by atoms with van der Waals surface area (Å²) in [4.78, 5) is 22.5. The van der Waals surface area contributed by atoms with E-state index in [9.17, 15) is 9.59 Å². The lowest BCUT2D eigenvalue weighted by molar-refractivity contribution is 0.383. The summed E-state index contributed by atoms with van der Waals surface area (Å²) in [7, 11) is 1.52. The molecule has 0 saturated heterocycles. The third-order valence-electron chi connectivity index (χ3n) is 1.17. The molecule has 18 heavy (non-hydrogen) atoms. The van der Waals surface area contributed by atoms with Crippen LogP contribution in [0.2, 0.25) is 0 Å². The normalized spacial score (nSPS) is 7.89. The van der Waals surface area contributed by atoms with E-state index in [1.165, 1.54) is 7.05 Å². The molecule has 2 rings (SSSR count). The molecule has 0 radical (unpaired) electrons. The number of rotatable bonds is 0. The Morgan fingerprint density at radius 2 is 1.72 bits per heavy atom. The Morgan fingerprint density at radius 3 is 1.83 bits per heavy atom. The van der Waals surface area contributed by atoms with Gasteiger partial charge in [-0.25, -0.2) is 14.7 Å². The van der Waals surface area contributed by atoms with Crippen LogP contribution in [-0.2, 0) is 7.05 Å². The van der Waals surface area contributed by atoms with Crippen LogP contribution < -0.4 is 11.4 Å². The topological polar surface area (TPSA) is 122 Å². The van der Waals surface area contributed by atoms with Crippen molar-refractivity contribution in [3.8, 4) is 0 Å². The molecule has 9 nitrogen and oxygen atoms in total. The van der Waals surface area contributed by atoms with E-state index in [4.69, 9.17) is 0 Å². The molecule has 0 aromatic carbocycles. The second-order valence-electron chi connectivity index (χ2n) is 2.31. The molecule has 0 aliphatic rings. The smallest absolute Gasteiger partial charge is 0.296 e. The number of hydrogen-bond donors (Lipinski definition) is 2. The zero-order valence-electron chi connectivity index (χ0n) is 11.5. The van der Waals surface area contributed by atoms with E-state index >= 15 is 0 Å². The first-order valence-electron chi connectivity index (χ1n) is 5.56. The first-order valence-corrected chi connectivity index (χ1v) is 5.56. The van der Waals surface area contributed by atoms with Gasteiger partial charge in [-0.05, 0) is 17.4 Å². The highest BCUT2D eigenvalue weighted by atomic mass is 16.5. The lowest BCUT2D eigenvalue weighted by Gasteiger charge is -1.71. The van der Waals surface area contributed by atoms with Gasteiger partial charge in [0.25, 0.3) is 0 Å². The number of aromatic amines is 2. The molecule has 2 aromatic rings. The summed E-state index contributed by atoms with van der Waals surface area (Å²) >= 11 is 0. The number of nitrogens with one attached hydrogen (secondary N) is 2. The van der Waals surface area contributed by atoms with Crippen LogP contribution in [0.5, 0.6) is 0 Å². The van der Waals surface area contributed by atoms with Crippen LogP contribution in [0.25, 0.3) is 0 Å². The van der Waals surface area contributed by atoms with Gasteiger partial charge in [-0.3, -0.25) is 9.51 Å². The first-order chi connectivity index (χ1) is 8.59. The minimum absolute atomic E-state index is 0.292. The largest absolute Gasteiger partial charge is 0.438 e. The third-order valence-corrected chi connectivity index (χ3v) is 1.17. The van der Waals surface area contributed by atoms with Gasteiger partial charge in [0.05, 0.1) is 0 Å². The number of aryl methyl sites for hydroxylation is 2. The number of H-pyrrole nitrogens is 2. The van der Waals surface area contributed by atoms with Crippen molar-refractivity contribution >= 4 is 0 Å². The van der Waals surface area contributed by atoms with Crippen LogP contribution in [-0.4, -0.2) is 30.3 Å². The number of nitrogens with zero attached hydrogens (tertiary/aromatic N) is 4. The Labute approximate surface area is 104 Å². The molecule has 0 saturated carbocycles. The van der Waals surface area contributed by atoms with Crippen molar-refractivity contribution in [2.75, 3.05) is 0 Å². The Balaban J connectivity index is 0. The van der Waals surface area contributed by atoms with Gasteiger partial charge in [-0.2, -0.15) is 4.68 Å². The van der Waals surface area contributed by atoms with Crippen LogP contribution in [0.15, 0.2) is 14.1 Å². The van der Waals surface area contributed by atoms with Gasteiger partial charge in [0.15, 0.2) is 0 Å². The Bertz CT molecular complexity index is 494. The fourth-order valence-corrected chi connectivity index (χ4v) is 0.548. The summed E-state index contributed by atoms with van der Waals surface area (Å²) < 4.78 is 5.21. The predicted octanol–water partition coefficient (Wildman–Crippen LogP) is 0.227. The fraction of sp³-hybridized carbons (Fsp3) is 0.667. The second-order valence-corrected chi connectivity index (χ2v) is 2.31. The van der Waals surface area contributed by atoms with Gasteiger partial charge < -0.3 is 0 Å². The standard InChI is InChI=1S/C3H4N2O2.C2H4N4O.2C2H6/c1-2-4-3(6)7-5-2;1-6-2(7)3-4-5-6;2*1-2/h1H3,(H,4,5,6);1H3,(H,3,5,7);2*1-2H3. The van der Waals surface area contributed by atoms with E-state index in [2.05, 4.69) is 30.2 Å². The van der Waals surface area contributed by atoms with Gasteiger partial charge in [0.1, 0.15) is 5.82 Å². The van der Waals surface area contributed by atoms with Crippen LogP contribution in [0.4, 0.5) is 0 Å². The monoisotopic (exact) mass is 260 g/mol. The summed E-state index contributed by atoms with van der Waals surface area (Å²) in [5.74, 6) is 0.00231. The Kier molecular flexibility index (Phi) is 11.4. The summed E-state index contributed by atoms with van der Waals surface area (Å²) in [5.41, 5.74) is -0.292. The molecule has 2 heterocycles. The van der Waals surface area contributed by atoms with E-state index in [1.807, 2.05) is 27.7 Å². The summed E-state index contributed by atoms with van der Waals surface area (Å²) in [6.45, 7) is 9.64. The molecule has 104 valence electrons. The van der Waals surface area contributed by atoms with Crippen molar-refractivity contribution in [1.82, 2.24) is 30.3 Å². The molecular formula is C9H20N6O3. The molecule has 0 unspecified atom stereocenters. The molecule has 0 spiro atoms. The van der Waals surface area contributed by atoms with Crippen molar-refractivity contribution in [3.05, 3.63) is 26.9 Å². The third kappa shape index (κ3) is 8.02. The fourth-order valence-electron chi connectivity index (χ4n) is 0.548. The highest BCUT2D eigenvalue weighted by Gasteiger charge is 1.86. The van der Waals surface area contributed by atoms with Gasteiger partial charge in [0, 0.05) is 7.05 Å². The molecule has 0 amide bonds. The Hall–Kier alpha value is -2.19. The molecule has 0 fully saturated rings. The van der Waals surface area contributed by atoms with Crippen molar-refractivity contribution in [1.29, 1.82) is 0 Å². The average molecular weight is 260 g/mol. The summed E-state index contributed by atoms with van der Waals surface area (Å²) in [6.07, 6.45) is 0. The SMILES string of the molecule is CC.CC.Cc1noc(=O)[nH]1.Cn1nn[nH]c1=O. The van der Waals surface area contributed by atoms with Gasteiger partial charge in [-0.15, -0.1) is 0 Å². The molecule has 0 atom stereocenters. The second kappa shape index (κ2) is 11.3. The maximum Gasteiger partial charge on any atom is 0.438 e. The summed E-state index contributed by atoms with van der Waals surface area (Å²) in [6, 6.07) is 0. The van der Waals surface area contributed by atoms with Gasteiger partial charge in [-0.1, -0.05) is 32.9 Å². The van der Waals surface area contributed by atoms with Gasteiger partial charge in [0.2, 0.25) is 0 Å². The lowest BCUT2D eigenvalue weighted by atomic mass is 10.8. The zero-order valence-corrected chi connectivity index (χ0v) is 11.5. The van der Waals surface area contributed by atoms with Crippen LogP contribution in [0, 0.1) is 6.92 Å². The van der Waals surface area contributed by atoms with E-state index < -0.39 is 5.76 Å². The number of aromatic nitrogens is 6. The van der Waals surface area contributed by atoms with E-state index in [1.54, 1.807) is 6.92 Å². The highest BCUT2D eigenvalue weighted by Crippen LogP contribution is 1.72. The van der Waals surface area contributed by atoms with Crippen LogP contribution in [0.1, 0.15) is 33.5 Å². The number of tetrazole rings is 1. The highest BCUT2D eigenvalue weighted by molar-refractivity contribution is 4.68. The van der Waals surface area contributed by atoms with E-state index in [0.29, 0.717) is 5.82 Å². The molecule has 2 N–H and O–H groups in total. The van der Waals surface area contributed by atoms with Crippen molar-refractivity contribution in [2.24, 2.45) is 7.05 Å². The quantitative estimate of drug-likeness (QED) is 0.698. The van der Waals surface area contributed by atoms with Crippen molar-refractivity contribution in [3.63, 3.8) is 0 Å². The summed E-state index contributed by atoms with van der Waals surface area (Å²) in [5, 5.41) is 11.9. The van der Waals surface area contributed by atoms with Crippen LogP contribution >= 0.6 is 0 Å². The van der Waals surface area contributed by atoms with Gasteiger partial charge >= 0.3 is 11.4 Å². The average Bonchev–Trinajstić information content (AvgIpc) is 2.95. The molecule has 9 heteroatoms. The molecular weight excluding hydrogens is 240 g/mol. The van der Waals surface area contributed by atoms with Crippen molar-refractivity contribution < 1.29 is 4.52 Å². The van der Waals surface area contributed by atoms with Crippen LogP contribution in [0.3, 0.4) is 0 Å². The zero-order chi connectivity index (χ0) is 14.6. The molecule has 0 aliphatic carbocycles. The molecule has 2 aromatic heterocycles. The maximum atomic E-state index is 10.2. The minimum Gasteiger partial charge on any atom is -0.296 e. The van der Waals surface area contributed by atoms with E-state index in [-0.39, 0.29) is 5.69 Å². The predicted molar refractivity (Wildman–Crippen MR) is 66.2 cm³/mol. The number of hydrogen-bond acceptors (Lipinski definition) is 6.